The van der Waals surface area contributed by atoms with E-state index in [4.69, 9.17) is 9.47 Å². The van der Waals surface area contributed by atoms with Crippen LogP contribution < -0.4 is 10.1 Å². The van der Waals surface area contributed by atoms with Crippen molar-refractivity contribution in [2.75, 3.05) is 19.8 Å². The van der Waals surface area contributed by atoms with E-state index in [-0.39, 0.29) is 24.9 Å². The molecule has 1 heterocycles. The van der Waals surface area contributed by atoms with Crippen LogP contribution in [0.15, 0.2) is 47.5 Å². The van der Waals surface area contributed by atoms with E-state index in [1.54, 1.807) is 6.07 Å². The molecule has 1 atom stereocenters. The summed E-state index contributed by atoms with van der Waals surface area (Å²) in [5.41, 5.74) is 0.878. The fourth-order valence-corrected chi connectivity index (χ4v) is 2.85. The van der Waals surface area contributed by atoms with Crippen LogP contribution in [-0.4, -0.2) is 31.7 Å². The standard InChI is InChI=1S/C20H23F3N2O2/c1-2-10-26-18-8-7-15(11-16(18)20(21,22)23)12-25-19(17-4-3-9-24-17)27-13-14-5-6-14/h2,5,7-8,11,17,24H,1,3-4,6,9-10,12-13H2/t17-/m0/s1. The Morgan fingerprint density at radius 1 is 1.37 bits per heavy atom. The molecule has 7 heteroatoms. The van der Waals surface area contributed by atoms with E-state index in [0.717, 1.165) is 31.9 Å². The molecule has 146 valence electrons. The topological polar surface area (TPSA) is 42.9 Å². The van der Waals surface area contributed by atoms with Gasteiger partial charge in [0.2, 0.25) is 5.90 Å². The van der Waals surface area contributed by atoms with Gasteiger partial charge < -0.3 is 14.8 Å². The lowest BCUT2D eigenvalue weighted by molar-refractivity contribution is -0.138. The zero-order valence-electron chi connectivity index (χ0n) is 15.0. The van der Waals surface area contributed by atoms with Gasteiger partial charge in [0.25, 0.3) is 0 Å². The minimum Gasteiger partial charge on any atom is -0.489 e. The van der Waals surface area contributed by atoms with Crippen LogP contribution in [0, 0.1) is 0 Å². The average Bonchev–Trinajstić information content (AvgIpc) is 3.31. The van der Waals surface area contributed by atoms with Crippen molar-refractivity contribution in [3.05, 3.63) is 53.6 Å². The average molecular weight is 380 g/mol. The van der Waals surface area contributed by atoms with Crippen molar-refractivity contribution in [3.63, 3.8) is 0 Å². The molecule has 3 rings (SSSR count). The second-order valence-corrected chi connectivity index (χ2v) is 6.59. The smallest absolute Gasteiger partial charge is 0.419 e. The van der Waals surface area contributed by atoms with Crippen LogP contribution in [0.4, 0.5) is 13.2 Å². The molecule has 0 bridgehead atoms. The van der Waals surface area contributed by atoms with Crippen molar-refractivity contribution in [1.29, 1.82) is 0 Å². The molecule has 0 unspecified atom stereocenters. The van der Waals surface area contributed by atoms with E-state index in [1.165, 1.54) is 17.7 Å². The lowest BCUT2D eigenvalue weighted by atomic mass is 10.1. The highest BCUT2D eigenvalue weighted by molar-refractivity contribution is 5.82. The third kappa shape index (κ3) is 5.60. The van der Waals surface area contributed by atoms with Gasteiger partial charge in [0, 0.05) is 0 Å². The SMILES string of the molecule is C=CCOc1ccc(CN=C(OCC2=CC2)[C@@H]2CCCN2)cc1C(F)(F)F. The van der Waals surface area contributed by atoms with Crippen LogP contribution in [0.3, 0.4) is 0 Å². The van der Waals surface area contributed by atoms with Crippen molar-refractivity contribution in [3.8, 4) is 5.75 Å². The van der Waals surface area contributed by atoms with Gasteiger partial charge in [-0.05, 0) is 49.1 Å². The third-order valence-electron chi connectivity index (χ3n) is 4.38. The molecule has 0 radical (unpaired) electrons. The molecule has 1 aromatic rings. The van der Waals surface area contributed by atoms with Crippen molar-refractivity contribution >= 4 is 5.90 Å². The summed E-state index contributed by atoms with van der Waals surface area (Å²) in [5.74, 6) is 0.366. The van der Waals surface area contributed by atoms with E-state index in [1.807, 2.05) is 0 Å². The number of alkyl halides is 3. The molecular formula is C20H23F3N2O2. The number of aliphatic imine (C=N–C) groups is 1. The number of ether oxygens (including phenoxy) is 2. The Kier molecular flexibility index (Phi) is 6.21. The summed E-state index contributed by atoms with van der Waals surface area (Å²) in [5, 5.41) is 3.32. The number of benzene rings is 1. The first-order chi connectivity index (χ1) is 13.0. The Morgan fingerprint density at radius 3 is 2.81 bits per heavy atom. The fourth-order valence-electron chi connectivity index (χ4n) is 2.85. The summed E-state index contributed by atoms with van der Waals surface area (Å²) < 4.78 is 50.9. The van der Waals surface area contributed by atoms with Crippen LogP contribution in [-0.2, 0) is 17.5 Å². The predicted octanol–water partition coefficient (Wildman–Crippen LogP) is 4.27. The molecule has 1 aromatic carbocycles. The minimum atomic E-state index is -4.50. The number of hydrogen-bond donors (Lipinski definition) is 1. The quantitative estimate of drug-likeness (QED) is 0.416. The summed E-state index contributed by atoms with van der Waals surface area (Å²) in [6.45, 7) is 4.99. The third-order valence-corrected chi connectivity index (χ3v) is 4.38. The number of allylic oxidation sites excluding steroid dienone is 1. The lowest BCUT2D eigenvalue weighted by Gasteiger charge is -2.16. The molecule has 0 aromatic heterocycles. The highest BCUT2D eigenvalue weighted by Crippen LogP contribution is 2.37. The first-order valence-electron chi connectivity index (χ1n) is 8.99. The summed E-state index contributed by atoms with van der Waals surface area (Å²) in [6.07, 6.45) is 1.90. The van der Waals surface area contributed by atoms with Crippen LogP contribution in [0.5, 0.6) is 5.75 Å². The molecule has 2 aliphatic rings. The van der Waals surface area contributed by atoms with Gasteiger partial charge in [0.1, 0.15) is 19.0 Å². The van der Waals surface area contributed by atoms with Gasteiger partial charge in [0.15, 0.2) is 0 Å². The van der Waals surface area contributed by atoms with Gasteiger partial charge in [-0.15, -0.1) is 0 Å². The summed E-state index contributed by atoms with van der Waals surface area (Å²) in [4.78, 5) is 4.47. The molecule has 0 spiro atoms. The summed E-state index contributed by atoms with van der Waals surface area (Å²) >= 11 is 0. The lowest BCUT2D eigenvalue weighted by Crippen LogP contribution is -2.33. The monoisotopic (exact) mass is 380 g/mol. The predicted molar refractivity (Wildman–Crippen MR) is 98.0 cm³/mol. The summed E-state index contributed by atoms with van der Waals surface area (Å²) in [7, 11) is 0. The number of nitrogens with one attached hydrogen (secondary N) is 1. The van der Waals surface area contributed by atoms with E-state index < -0.39 is 11.7 Å². The maximum atomic E-state index is 13.3. The molecule has 27 heavy (non-hydrogen) atoms. The highest BCUT2D eigenvalue weighted by Gasteiger charge is 2.34. The van der Waals surface area contributed by atoms with Gasteiger partial charge in [0.05, 0.1) is 18.2 Å². The molecule has 4 nitrogen and oxygen atoms in total. The van der Waals surface area contributed by atoms with Crippen molar-refractivity contribution in [2.45, 2.75) is 38.0 Å². The molecule has 1 fully saturated rings. The summed E-state index contributed by atoms with van der Waals surface area (Å²) in [6, 6.07) is 4.05. The maximum Gasteiger partial charge on any atom is 0.419 e. The molecule has 0 amide bonds. The minimum absolute atomic E-state index is 0.0156. The van der Waals surface area contributed by atoms with Crippen LogP contribution in [0.2, 0.25) is 0 Å². The second-order valence-electron chi connectivity index (χ2n) is 6.59. The molecule has 1 N–H and O–H groups in total. The second kappa shape index (κ2) is 8.61. The van der Waals surface area contributed by atoms with E-state index >= 15 is 0 Å². The normalized spacial score (nSPS) is 19.6. The Hall–Kier alpha value is -2.28. The Bertz CT molecular complexity index is 735. The van der Waals surface area contributed by atoms with Crippen molar-refractivity contribution in [1.82, 2.24) is 5.32 Å². The van der Waals surface area contributed by atoms with Crippen molar-refractivity contribution in [2.24, 2.45) is 4.99 Å². The maximum absolute atomic E-state index is 13.3. The zero-order chi connectivity index (χ0) is 19.3. The Balaban J connectivity index is 1.75. The first kappa shape index (κ1) is 19.5. The molecule has 1 aliphatic carbocycles. The first-order valence-corrected chi connectivity index (χ1v) is 8.99. The van der Waals surface area contributed by atoms with Gasteiger partial charge >= 0.3 is 6.18 Å². The number of nitrogens with zero attached hydrogens (tertiary/aromatic N) is 1. The molecule has 1 saturated heterocycles. The van der Waals surface area contributed by atoms with Crippen LogP contribution in [0.1, 0.15) is 30.4 Å². The fraction of sp³-hybridized carbons (Fsp3) is 0.450. The number of hydrogen-bond acceptors (Lipinski definition) is 4. The molecule has 0 saturated carbocycles. The van der Waals surface area contributed by atoms with Gasteiger partial charge in [-0.1, -0.05) is 24.8 Å². The number of halogens is 3. The van der Waals surface area contributed by atoms with E-state index in [0.29, 0.717) is 18.1 Å². The van der Waals surface area contributed by atoms with E-state index in [2.05, 4.69) is 23.0 Å². The number of rotatable bonds is 8. The van der Waals surface area contributed by atoms with Crippen molar-refractivity contribution < 1.29 is 22.6 Å². The van der Waals surface area contributed by atoms with Crippen LogP contribution in [0.25, 0.3) is 0 Å². The van der Waals surface area contributed by atoms with Gasteiger partial charge in [-0.25, -0.2) is 4.99 Å². The Labute approximate surface area is 156 Å². The Morgan fingerprint density at radius 2 is 2.19 bits per heavy atom. The molecule has 1 aliphatic heterocycles. The molecular weight excluding hydrogens is 357 g/mol. The zero-order valence-corrected chi connectivity index (χ0v) is 15.0. The van der Waals surface area contributed by atoms with Crippen LogP contribution >= 0.6 is 0 Å². The van der Waals surface area contributed by atoms with Gasteiger partial charge in [-0.3, -0.25) is 0 Å². The van der Waals surface area contributed by atoms with Gasteiger partial charge in [-0.2, -0.15) is 13.2 Å². The van der Waals surface area contributed by atoms with E-state index in [9.17, 15) is 13.2 Å². The highest BCUT2D eigenvalue weighted by atomic mass is 19.4. The largest absolute Gasteiger partial charge is 0.489 e.